The van der Waals surface area contributed by atoms with Crippen LogP contribution in [0.5, 0.6) is 0 Å². The van der Waals surface area contributed by atoms with Crippen molar-refractivity contribution in [3.63, 3.8) is 0 Å². The molecule has 9 nitrogen and oxygen atoms in total. The first-order valence-electron chi connectivity index (χ1n) is 10.7. The Morgan fingerprint density at radius 1 is 1.18 bits per heavy atom. The zero-order valence-corrected chi connectivity index (χ0v) is 20.2. The monoisotopic (exact) mass is 466 g/mol. The molecule has 0 aliphatic heterocycles. The number of benzene rings is 1. The van der Waals surface area contributed by atoms with E-state index in [0.717, 1.165) is 23.6 Å². The molecule has 172 valence electrons. The van der Waals surface area contributed by atoms with Gasteiger partial charge in [-0.15, -0.1) is 0 Å². The predicted molar refractivity (Wildman–Crippen MR) is 128 cm³/mol. The molecular formula is C23H27ClN8O. The topological polar surface area (TPSA) is 93.8 Å². The molecule has 0 radical (unpaired) electrons. The molecule has 1 amide bonds. The summed E-state index contributed by atoms with van der Waals surface area (Å²) in [5.74, 6) is 1.14. The molecule has 0 bridgehead atoms. The van der Waals surface area contributed by atoms with E-state index in [-0.39, 0.29) is 5.91 Å². The van der Waals surface area contributed by atoms with Gasteiger partial charge in [0.2, 0.25) is 0 Å². The Hall–Kier alpha value is -3.30. The Balaban J connectivity index is 1.76. The summed E-state index contributed by atoms with van der Waals surface area (Å²) >= 11 is 6.25. The van der Waals surface area contributed by atoms with E-state index in [0.29, 0.717) is 46.2 Å². The molecule has 4 aromatic rings. The Labute approximate surface area is 197 Å². The number of imidazole rings is 1. The van der Waals surface area contributed by atoms with Crippen molar-refractivity contribution in [1.82, 2.24) is 39.5 Å². The van der Waals surface area contributed by atoms with Crippen molar-refractivity contribution < 1.29 is 4.79 Å². The van der Waals surface area contributed by atoms with Crippen molar-refractivity contribution in [2.24, 2.45) is 14.1 Å². The van der Waals surface area contributed by atoms with Crippen molar-refractivity contribution in [2.75, 3.05) is 14.1 Å². The lowest BCUT2D eigenvalue weighted by Gasteiger charge is -2.18. The molecular weight excluding hydrogens is 440 g/mol. The van der Waals surface area contributed by atoms with Crippen LogP contribution in [0.15, 0.2) is 30.5 Å². The van der Waals surface area contributed by atoms with Crippen molar-refractivity contribution >= 4 is 28.4 Å². The third-order valence-electron chi connectivity index (χ3n) is 5.67. The number of carbonyl (C=O) groups excluding carboxylic acids is 1. The maximum Gasteiger partial charge on any atom is 0.273 e. The molecule has 33 heavy (non-hydrogen) atoms. The van der Waals surface area contributed by atoms with Crippen LogP contribution in [0.1, 0.15) is 34.6 Å². The smallest absolute Gasteiger partial charge is 0.273 e. The Morgan fingerprint density at radius 3 is 2.67 bits per heavy atom. The lowest BCUT2D eigenvalue weighted by Crippen LogP contribution is -2.28. The van der Waals surface area contributed by atoms with Gasteiger partial charge in [-0.05, 0) is 31.3 Å². The van der Waals surface area contributed by atoms with Gasteiger partial charge in [-0.2, -0.15) is 5.10 Å². The van der Waals surface area contributed by atoms with Crippen LogP contribution in [0.2, 0.25) is 5.02 Å². The third-order valence-corrected chi connectivity index (χ3v) is 5.90. The van der Waals surface area contributed by atoms with Gasteiger partial charge < -0.3 is 14.8 Å². The van der Waals surface area contributed by atoms with Crippen LogP contribution in [0.4, 0.5) is 0 Å². The minimum Gasteiger partial charge on any atom is -0.334 e. The summed E-state index contributed by atoms with van der Waals surface area (Å²) in [6.45, 7) is 3.12. The van der Waals surface area contributed by atoms with Crippen molar-refractivity contribution in [3.05, 3.63) is 58.4 Å². The van der Waals surface area contributed by atoms with Gasteiger partial charge in [0.1, 0.15) is 17.2 Å². The van der Waals surface area contributed by atoms with E-state index in [9.17, 15) is 4.79 Å². The zero-order chi connectivity index (χ0) is 23.7. The molecule has 3 aromatic heterocycles. The average molecular weight is 467 g/mol. The Bertz CT molecular complexity index is 1330. The number of rotatable bonds is 7. The van der Waals surface area contributed by atoms with E-state index in [1.165, 1.54) is 0 Å². The van der Waals surface area contributed by atoms with Gasteiger partial charge in [0.05, 0.1) is 29.6 Å². The number of halogens is 1. The van der Waals surface area contributed by atoms with Crippen LogP contribution < -0.4 is 5.32 Å². The molecule has 1 aromatic carbocycles. The first-order valence-corrected chi connectivity index (χ1v) is 11.1. The zero-order valence-electron chi connectivity index (χ0n) is 19.4. The summed E-state index contributed by atoms with van der Waals surface area (Å²) in [7, 11) is 7.46. The Morgan fingerprint density at radius 2 is 1.97 bits per heavy atom. The van der Waals surface area contributed by atoms with Crippen molar-refractivity contribution in [1.29, 1.82) is 0 Å². The number of hydrogen-bond acceptors (Lipinski definition) is 6. The summed E-state index contributed by atoms with van der Waals surface area (Å²) in [4.78, 5) is 28.9. The Kier molecular flexibility index (Phi) is 6.44. The second kappa shape index (κ2) is 9.29. The average Bonchev–Trinajstić information content (AvgIpc) is 3.34. The summed E-state index contributed by atoms with van der Waals surface area (Å²) in [5, 5.41) is 8.79. The van der Waals surface area contributed by atoms with E-state index in [1.54, 1.807) is 41.0 Å². The van der Waals surface area contributed by atoms with E-state index in [4.69, 9.17) is 11.6 Å². The number of amides is 1. The largest absolute Gasteiger partial charge is 0.334 e. The highest BCUT2D eigenvalue weighted by Crippen LogP contribution is 2.25. The van der Waals surface area contributed by atoms with E-state index >= 15 is 0 Å². The molecule has 0 aliphatic rings. The van der Waals surface area contributed by atoms with Crippen LogP contribution in [-0.4, -0.2) is 54.2 Å². The van der Waals surface area contributed by atoms with Crippen LogP contribution in [0.25, 0.3) is 22.4 Å². The molecule has 4 rings (SSSR count). The molecule has 1 N–H and O–H groups in total. The minimum atomic E-state index is -0.225. The number of fused-ring (bicyclic) bond motifs is 1. The lowest BCUT2D eigenvalue weighted by molar-refractivity contribution is 0.0778. The van der Waals surface area contributed by atoms with Gasteiger partial charge in [-0.1, -0.05) is 18.5 Å². The molecule has 0 atom stereocenters. The first-order chi connectivity index (χ1) is 15.8. The summed E-state index contributed by atoms with van der Waals surface area (Å²) in [6, 6.07) is 7.20. The highest BCUT2D eigenvalue weighted by molar-refractivity contribution is 6.31. The quantitative estimate of drug-likeness (QED) is 0.450. The normalized spacial score (nSPS) is 11.3. The predicted octanol–water partition coefficient (Wildman–Crippen LogP) is 2.97. The molecule has 0 aliphatic carbocycles. The van der Waals surface area contributed by atoms with Gasteiger partial charge in [-0.3, -0.25) is 9.48 Å². The number of nitrogens with one attached hydrogen (secondary N) is 1. The molecule has 3 heterocycles. The van der Waals surface area contributed by atoms with Crippen LogP contribution in [0, 0.1) is 0 Å². The van der Waals surface area contributed by atoms with Gasteiger partial charge in [0.25, 0.3) is 5.91 Å². The van der Waals surface area contributed by atoms with Crippen LogP contribution >= 0.6 is 11.6 Å². The van der Waals surface area contributed by atoms with Crippen molar-refractivity contribution in [2.45, 2.75) is 26.4 Å². The second-order valence-electron chi connectivity index (χ2n) is 7.97. The number of nitrogens with zero attached hydrogens (tertiary/aromatic N) is 7. The number of hydrogen-bond donors (Lipinski definition) is 1. The summed E-state index contributed by atoms with van der Waals surface area (Å²) in [6.07, 6.45) is 2.63. The number of aromatic nitrogens is 6. The van der Waals surface area contributed by atoms with Gasteiger partial charge in [-0.25, -0.2) is 15.0 Å². The van der Waals surface area contributed by atoms with E-state index in [2.05, 4.69) is 32.3 Å². The standard InChI is InChI=1S/C23H27ClN8O/c1-6-20-26-12-16(31(20)4)13-30(3)23(33)21-17-9-14(24)7-8-18(17)27-22(28-21)19-10-15(11-25-2)32(5)29-19/h7-10,12,25H,6,11,13H2,1-5H3. The fourth-order valence-electron chi connectivity index (χ4n) is 3.80. The molecule has 0 unspecified atom stereocenters. The number of carbonyl (C=O) groups is 1. The van der Waals surface area contributed by atoms with E-state index < -0.39 is 0 Å². The lowest BCUT2D eigenvalue weighted by atomic mass is 10.1. The van der Waals surface area contributed by atoms with Crippen molar-refractivity contribution in [3.8, 4) is 11.5 Å². The SMILES string of the molecule is CCc1ncc(CN(C)C(=O)c2nc(-c3cc(CNC)n(C)n3)nc3ccc(Cl)cc23)n1C. The number of aryl methyl sites for hydroxylation is 2. The molecule has 0 spiro atoms. The van der Waals surface area contributed by atoms with Gasteiger partial charge in [0, 0.05) is 44.5 Å². The van der Waals surface area contributed by atoms with Gasteiger partial charge in [0.15, 0.2) is 5.82 Å². The first kappa shape index (κ1) is 22.9. The fourth-order valence-corrected chi connectivity index (χ4v) is 3.97. The summed E-state index contributed by atoms with van der Waals surface area (Å²) < 4.78 is 3.80. The van der Waals surface area contributed by atoms with Crippen LogP contribution in [0.3, 0.4) is 0 Å². The fraction of sp³-hybridized carbons (Fsp3) is 0.348. The molecule has 0 fully saturated rings. The third kappa shape index (κ3) is 4.46. The van der Waals surface area contributed by atoms with E-state index in [1.807, 2.05) is 31.8 Å². The molecule has 10 heteroatoms. The highest BCUT2D eigenvalue weighted by atomic mass is 35.5. The molecule has 0 saturated carbocycles. The maximum absolute atomic E-state index is 13.5. The highest BCUT2D eigenvalue weighted by Gasteiger charge is 2.22. The summed E-state index contributed by atoms with van der Waals surface area (Å²) in [5.41, 5.74) is 3.46. The van der Waals surface area contributed by atoms with Gasteiger partial charge >= 0.3 is 0 Å². The minimum absolute atomic E-state index is 0.225. The maximum atomic E-state index is 13.5. The molecule has 0 saturated heterocycles. The van der Waals surface area contributed by atoms with Crippen LogP contribution in [-0.2, 0) is 33.6 Å². The second-order valence-corrected chi connectivity index (χ2v) is 8.41.